The van der Waals surface area contributed by atoms with Crippen LogP contribution in [0.1, 0.15) is 23.0 Å². The molecule has 0 radical (unpaired) electrons. The van der Waals surface area contributed by atoms with Gasteiger partial charge < -0.3 is 19.4 Å². The Morgan fingerprint density at radius 1 is 1.07 bits per heavy atom. The summed E-state index contributed by atoms with van der Waals surface area (Å²) in [6.45, 7) is 0. The molecule has 0 saturated carbocycles. The SMILES string of the molecule is COc1cc(OC)cc(C(Nc2c(C#N)c(=O)n(C)c(=O)n2C)c2nccn2C)c1. The van der Waals surface area contributed by atoms with E-state index in [2.05, 4.69) is 10.3 Å². The average molecular weight is 410 g/mol. The first-order valence-corrected chi connectivity index (χ1v) is 8.99. The Kier molecular flexibility index (Phi) is 5.64. The molecule has 0 aliphatic heterocycles. The normalized spacial score (nSPS) is 11.6. The summed E-state index contributed by atoms with van der Waals surface area (Å²) < 4.78 is 14.7. The second-order valence-electron chi connectivity index (χ2n) is 6.66. The van der Waals surface area contributed by atoms with Crippen LogP contribution in [0.2, 0.25) is 0 Å². The van der Waals surface area contributed by atoms with Crippen LogP contribution in [0.15, 0.2) is 40.2 Å². The molecule has 0 saturated heterocycles. The molecule has 3 aromatic rings. The van der Waals surface area contributed by atoms with Gasteiger partial charge >= 0.3 is 5.69 Å². The van der Waals surface area contributed by atoms with Crippen LogP contribution in [0.4, 0.5) is 5.82 Å². The number of ether oxygens (including phenoxy) is 2. The molecular weight excluding hydrogens is 388 g/mol. The van der Waals surface area contributed by atoms with Crippen LogP contribution in [-0.4, -0.2) is 32.9 Å². The molecule has 10 nitrogen and oxygen atoms in total. The van der Waals surface area contributed by atoms with E-state index >= 15 is 0 Å². The molecule has 1 atom stereocenters. The molecule has 3 rings (SSSR count). The third-order valence-corrected chi connectivity index (χ3v) is 4.88. The molecule has 156 valence electrons. The van der Waals surface area contributed by atoms with Gasteiger partial charge in [-0.15, -0.1) is 0 Å². The van der Waals surface area contributed by atoms with Crippen molar-refractivity contribution in [2.75, 3.05) is 19.5 Å². The number of aryl methyl sites for hydroxylation is 1. The zero-order valence-electron chi connectivity index (χ0n) is 17.3. The van der Waals surface area contributed by atoms with Crippen molar-refractivity contribution < 1.29 is 9.47 Å². The summed E-state index contributed by atoms with van der Waals surface area (Å²) in [4.78, 5) is 29.4. The lowest BCUT2D eigenvalue weighted by Crippen LogP contribution is -2.40. The number of nitrogens with one attached hydrogen (secondary N) is 1. The van der Waals surface area contributed by atoms with Crippen molar-refractivity contribution in [3.8, 4) is 17.6 Å². The van der Waals surface area contributed by atoms with Gasteiger partial charge in [0.05, 0.1) is 14.2 Å². The van der Waals surface area contributed by atoms with Crippen molar-refractivity contribution in [3.63, 3.8) is 0 Å². The Morgan fingerprint density at radius 3 is 2.20 bits per heavy atom. The Morgan fingerprint density at radius 2 is 1.70 bits per heavy atom. The molecule has 1 aromatic carbocycles. The molecular formula is C20H22N6O4. The quantitative estimate of drug-likeness (QED) is 0.642. The third kappa shape index (κ3) is 3.53. The topological polar surface area (TPSA) is 116 Å². The van der Waals surface area contributed by atoms with Crippen molar-refractivity contribution >= 4 is 5.82 Å². The largest absolute Gasteiger partial charge is 0.497 e. The van der Waals surface area contributed by atoms with E-state index < -0.39 is 17.3 Å². The smallest absolute Gasteiger partial charge is 0.332 e. The van der Waals surface area contributed by atoms with E-state index in [1.54, 1.807) is 49.4 Å². The van der Waals surface area contributed by atoms with Gasteiger partial charge in [-0.3, -0.25) is 13.9 Å². The summed E-state index contributed by atoms with van der Waals surface area (Å²) in [6, 6.07) is 6.60. The van der Waals surface area contributed by atoms with Gasteiger partial charge in [-0.25, -0.2) is 9.78 Å². The number of aromatic nitrogens is 4. The maximum atomic E-state index is 12.5. The van der Waals surface area contributed by atoms with Gasteiger partial charge in [-0.1, -0.05) is 0 Å². The highest BCUT2D eigenvalue weighted by Crippen LogP contribution is 2.32. The minimum Gasteiger partial charge on any atom is -0.497 e. The number of nitrogens with zero attached hydrogens (tertiary/aromatic N) is 5. The zero-order valence-corrected chi connectivity index (χ0v) is 17.3. The van der Waals surface area contributed by atoms with Crippen LogP contribution in [-0.2, 0) is 21.1 Å². The summed E-state index contributed by atoms with van der Waals surface area (Å²) in [6.07, 6.45) is 3.41. The second kappa shape index (κ2) is 8.16. The number of methoxy groups -OCH3 is 2. The lowest BCUT2D eigenvalue weighted by atomic mass is 10.0. The van der Waals surface area contributed by atoms with E-state index in [0.29, 0.717) is 22.9 Å². The molecule has 1 N–H and O–H groups in total. The fourth-order valence-electron chi connectivity index (χ4n) is 3.20. The van der Waals surface area contributed by atoms with Crippen LogP contribution in [0.3, 0.4) is 0 Å². The lowest BCUT2D eigenvalue weighted by molar-refractivity contribution is 0.393. The highest BCUT2D eigenvalue weighted by molar-refractivity contribution is 5.55. The Labute approximate surface area is 172 Å². The minimum absolute atomic E-state index is 0.0976. The van der Waals surface area contributed by atoms with Gasteiger partial charge in [0, 0.05) is 39.6 Å². The molecule has 0 aliphatic carbocycles. The van der Waals surface area contributed by atoms with Crippen LogP contribution < -0.4 is 26.0 Å². The molecule has 0 spiro atoms. The van der Waals surface area contributed by atoms with Gasteiger partial charge in [0.25, 0.3) is 5.56 Å². The first-order chi connectivity index (χ1) is 14.3. The predicted octanol–water partition coefficient (Wildman–Crippen LogP) is 0.908. The highest BCUT2D eigenvalue weighted by atomic mass is 16.5. The summed E-state index contributed by atoms with van der Waals surface area (Å²) in [7, 11) is 7.73. The molecule has 0 amide bonds. The maximum absolute atomic E-state index is 12.5. The molecule has 10 heteroatoms. The second-order valence-corrected chi connectivity index (χ2v) is 6.66. The van der Waals surface area contributed by atoms with E-state index in [0.717, 1.165) is 4.57 Å². The maximum Gasteiger partial charge on any atom is 0.332 e. The number of imidazole rings is 1. The molecule has 1 unspecified atom stereocenters. The van der Waals surface area contributed by atoms with Crippen molar-refractivity contribution in [2.24, 2.45) is 21.1 Å². The van der Waals surface area contributed by atoms with Crippen LogP contribution in [0.5, 0.6) is 11.5 Å². The van der Waals surface area contributed by atoms with E-state index in [-0.39, 0.29) is 11.4 Å². The predicted molar refractivity (Wildman–Crippen MR) is 110 cm³/mol. The standard InChI is InChI=1S/C20H22N6O4/c1-24-7-6-22-18(24)16(12-8-13(29-4)10-14(9-12)30-5)23-17-15(11-21)19(27)26(3)20(28)25(17)2/h6-10,16,23H,1-5H3. The van der Waals surface area contributed by atoms with Crippen molar-refractivity contribution in [1.82, 2.24) is 18.7 Å². The number of nitriles is 1. The van der Waals surface area contributed by atoms with Crippen molar-refractivity contribution in [2.45, 2.75) is 6.04 Å². The van der Waals surface area contributed by atoms with Crippen LogP contribution in [0, 0.1) is 11.3 Å². The summed E-state index contributed by atoms with van der Waals surface area (Å²) in [5, 5.41) is 12.8. The Bertz CT molecular complexity index is 1230. The van der Waals surface area contributed by atoms with Crippen molar-refractivity contribution in [1.29, 1.82) is 5.26 Å². The fraction of sp³-hybridized carbons (Fsp3) is 0.300. The average Bonchev–Trinajstić information content (AvgIpc) is 3.18. The number of rotatable bonds is 6. The fourth-order valence-corrected chi connectivity index (χ4v) is 3.20. The molecule has 2 aromatic heterocycles. The van der Waals surface area contributed by atoms with Gasteiger partial charge in [-0.2, -0.15) is 5.26 Å². The Hall–Kier alpha value is -4.00. The number of hydrogen-bond acceptors (Lipinski definition) is 7. The molecule has 0 bridgehead atoms. The van der Waals surface area contributed by atoms with E-state index in [4.69, 9.17) is 9.47 Å². The number of benzene rings is 1. The summed E-state index contributed by atoms with van der Waals surface area (Å²) in [5.74, 6) is 1.81. The number of hydrogen-bond donors (Lipinski definition) is 1. The first kappa shape index (κ1) is 20.7. The van der Waals surface area contributed by atoms with Crippen LogP contribution in [0.25, 0.3) is 0 Å². The van der Waals surface area contributed by atoms with Gasteiger partial charge in [-0.05, 0) is 17.7 Å². The monoisotopic (exact) mass is 410 g/mol. The molecule has 30 heavy (non-hydrogen) atoms. The Balaban J connectivity index is 2.26. The van der Waals surface area contributed by atoms with E-state index in [1.807, 2.05) is 13.1 Å². The number of anilines is 1. The van der Waals surface area contributed by atoms with E-state index in [9.17, 15) is 14.9 Å². The molecule has 2 heterocycles. The van der Waals surface area contributed by atoms with Gasteiger partial charge in [0.15, 0.2) is 5.56 Å². The third-order valence-electron chi connectivity index (χ3n) is 4.88. The molecule has 0 aliphatic rings. The van der Waals surface area contributed by atoms with E-state index in [1.165, 1.54) is 18.7 Å². The minimum atomic E-state index is -0.676. The lowest BCUT2D eigenvalue weighted by Gasteiger charge is -2.23. The van der Waals surface area contributed by atoms with Crippen molar-refractivity contribution in [3.05, 3.63) is 68.4 Å². The molecule has 0 fully saturated rings. The first-order valence-electron chi connectivity index (χ1n) is 8.99. The van der Waals surface area contributed by atoms with Crippen LogP contribution >= 0.6 is 0 Å². The zero-order chi connectivity index (χ0) is 22.0. The van der Waals surface area contributed by atoms with Gasteiger partial charge in [0.2, 0.25) is 0 Å². The summed E-state index contributed by atoms with van der Waals surface area (Å²) in [5.41, 5.74) is -0.695. The highest BCUT2D eigenvalue weighted by Gasteiger charge is 2.24. The van der Waals surface area contributed by atoms with Gasteiger partial charge in [0.1, 0.15) is 35.3 Å². The summed E-state index contributed by atoms with van der Waals surface area (Å²) >= 11 is 0.